The van der Waals surface area contributed by atoms with Crippen molar-refractivity contribution in [2.75, 3.05) is 6.61 Å². The Balaban J connectivity index is 1.49. The highest BCUT2D eigenvalue weighted by molar-refractivity contribution is 5.70. The number of carbonyl (C=O) groups is 1. The quantitative estimate of drug-likeness (QED) is 0.304. The second-order valence-corrected chi connectivity index (χ2v) is 9.78. The van der Waals surface area contributed by atoms with E-state index < -0.39 is 0 Å². The second-order valence-electron chi connectivity index (χ2n) is 9.78. The minimum absolute atomic E-state index is 0.00423. The van der Waals surface area contributed by atoms with Gasteiger partial charge >= 0.3 is 0 Å². The van der Waals surface area contributed by atoms with E-state index in [0.717, 1.165) is 72.8 Å². The molecule has 0 N–H and O–H groups in total. The third kappa shape index (κ3) is 5.02. The molecule has 0 amide bonds. The Morgan fingerprint density at radius 1 is 1.11 bits per heavy atom. The lowest BCUT2D eigenvalue weighted by atomic mass is 9.92. The smallest absolute Gasteiger partial charge is 0.259 e. The molecule has 194 valence electrons. The number of aldehydes is 1. The largest absolute Gasteiger partial charge is 0.371 e. The van der Waals surface area contributed by atoms with Crippen LogP contribution >= 0.6 is 0 Å². The number of carbonyl (C=O) groups excluding carboxylic acids is 1. The van der Waals surface area contributed by atoms with E-state index >= 15 is 0 Å². The van der Waals surface area contributed by atoms with Gasteiger partial charge < -0.3 is 9.53 Å². The van der Waals surface area contributed by atoms with Gasteiger partial charge in [0.25, 0.3) is 5.56 Å². The lowest BCUT2D eigenvalue weighted by molar-refractivity contribution is -0.114. The molecule has 5 rings (SSSR count). The molecule has 0 saturated heterocycles. The van der Waals surface area contributed by atoms with Gasteiger partial charge in [-0.2, -0.15) is 15.3 Å². The molecule has 0 unspecified atom stereocenters. The van der Waals surface area contributed by atoms with Gasteiger partial charge in [0.1, 0.15) is 19.2 Å². The molecular formula is C30H31N5O3. The van der Waals surface area contributed by atoms with Gasteiger partial charge in [-0.3, -0.25) is 9.36 Å². The number of fused-ring (bicyclic) bond motifs is 1. The molecule has 0 bridgehead atoms. The molecule has 1 aliphatic carbocycles. The van der Waals surface area contributed by atoms with E-state index in [9.17, 15) is 14.9 Å². The third-order valence-corrected chi connectivity index (χ3v) is 7.42. The van der Waals surface area contributed by atoms with E-state index in [-0.39, 0.29) is 24.3 Å². The molecule has 2 aromatic carbocycles. The molecule has 2 heterocycles. The highest BCUT2D eigenvalue weighted by atomic mass is 16.5. The Morgan fingerprint density at radius 2 is 1.87 bits per heavy atom. The molecule has 0 atom stereocenters. The average Bonchev–Trinajstić information content (AvgIpc) is 3.44. The molecule has 1 fully saturated rings. The first-order valence-electron chi connectivity index (χ1n) is 13.2. The van der Waals surface area contributed by atoms with Crippen molar-refractivity contribution in [1.82, 2.24) is 19.2 Å². The standard InChI is InChI=1S/C30H31N5O3/c1-2-5-28-27(18-21-8-10-22(11-9-21)26-7-4-3-6-23(26)19-31)29(37)34(30-32-20-33-35(28)30)24-12-14-25(15-13-24)38-17-16-36/h3-4,6-11,16,20,24-25H,2,5,12-15,17-18H2,1H3. The van der Waals surface area contributed by atoms with E-state index in [1.807, 2.05) is 57.6 Å². The predicted molar refractivity (Wildman–Crippen MR) is 144 cm³/mol. The summed E-state index contributed by atoms with van der Waals surface area (Å²) in [5.41, 5.74) is 5.17. The Bertz CT molecular complexity index is 1520. The zero-order chi connectivity index (χ0) is 26.5. The fourth-order valence-electron chi connectivity index (χ4n) is 5.56. The zero-order valence-corrected chi connectivity index (χ0v) is 21.5. The molecule has 0 spiro atoms. The van der Waals surface area contributed by atoms with Crippen molar-refractivity contribution in [3.63, 3.8) is 0 Å². The fourth-order valence-corrected chi connectivity index (χ4v) is 5.56. The fraction of sp³-hybridized carbons (Fsp3) is 0.367. The van der Waals surface area contributed by atoms with Crippen LogP contribution < -0.4 is 5.56 Å². The van der Waals surface area contributed by atoms with Crippen LogP contribution in [0.5, 0.6) is 0 Å². The minimum Gasteiger partial charge on any atom is -0.371 e. The summed E-state index contributed by atoms with van der Waals surface area (Å²) in [7, 11) is 0. The molecule has 8 heteroatoms. The van der Waals surface area contributed by atoms with E-state index in [1.165, 1.54) is 6.33 Å². The topological polar surface area (TPSA) is 102 Å². The van der Waals surface area contributed by atoms with E-state index in [4.69, 9.17) is 4.74 Å². The number of aromatic nitrogens is 4. The summed E-state index contributed by atoms with van der Waals surface area (Å²) in [6.07, 6.45) is 7.60. The molecule has 0 radical (unpaired) electrons. The van der Waals surface area contributed by atoms with Crippen molar-refractivity contribution in [3.05, 3.63) is 87.6 Å². The number of hydrogen-bond donors (Lipinski definition) is 0. The highest BCUT2D eigenvalue weighted by Gasteiger charge is 2.28. The van der Waals surface area contributed by atoms with Gasteiger partial charge in [0.2, 0.25) is 5.78 Å². The van der Waals surface area contributed by atoms with E-state index in [2.05, 4.69) is 23.1 Å². The van der Waals surface area contributed by atoms with Crippen LogP contribution in [0.1, 0.15) is 67.5 Å². The summed E-state index contributed by atoms with van der Waals surface area (Å²) in [4.78, 5) is 29.2. The number of nitriles is 1. The molecule has 2 aromatic heterocycles. The van der Waals surface area contributed by atoms with E-state index in [1.54, 1.807) is 0 Å². The van der Waals surface area contributed by atoms with Crippen LogP contribution in [0.2, 0.25) is 0 Å². The normalized spacial score (nSPS) is 17.4. The van der Waals surface area contributed by atoms with Crippen molar-refractivity contribution in [1.29, 1.82) is 5.26 Å². The summed E-state index contributed by atoms with van der Waals surface area (Å²) >= 11 is 0. The maximum Gasteiger partial charge on any atom is 0.259 e. The third-order valence-electron chi connectivity index (χ3n) is 7.42. The van der Waals surface area contributed by atoms with Gasteiger partial charge in [-0.15, -0.1) is 0 Å². The van der Waals surface area contributed by atoms with Crippen LogP contribution in [0.4, 0.5) is 0 Å². The Hall–Kier alpha value is -4.09. The molecule has 4 aromatic rings. The summed E-state index contributed by atoms with van der Waals surface area (Å²) in [6, 6.07) is 17.9. The maximum absolute atomic E-state index is 14.1. The summed E-state index contributed by atoms with van der Waals surface area (Å²) in [5.74, 6) is 0.586. The van der Waals surface area contributed by atoms with Crippen LogP contribution in [0.25, 0.3) is 16.9 Å². The van der Waals surface area contributed by atoms with Crippen LogP contribution in [0, 0.1) is 11.3 Å². The van der Waals surface area contributed by atoms with Crippen LogP contribution in [-0.2, 0) is 22.4 Å². The predicted octanol–water partition coefficient (Wildman–Crippen LogP) is 4.67. The number of nitrogens with zero attached hydrogens (tertiary/aromatic N) is 5. The number of aryl methyl sites for hydroxylation is 1. The molecule has 1 saturated carbocycles. The Labute approximate surface area is 221 Å². The van der Waals surface area contributed by atoms with Gasteiger partial charge in [-0.25, -0.2) is 4.52 Å². The van der Waals surface area contributed by atoms with Gasteiger partial charge in [-0.05, 0) is 54.9 Å². The van der Waals surface area contributed by atoms with Crippen molar-refractivity contribution in [2.45, 2.75) is 64.0 Å². The van der Waals surface area contributed by atoms with E-state index in [0.29, 0.717) is 17.8 Å². The highest BCUT2D eigenvalue weighted by Crippen LogP contribution is 2.31. The van der Waals surface area contributed by atoms with Gasteiger partial charge in [0.15, 0.2) is 0 Å². The summed E-state index contributed by atoms with van der Waals surface area (Å²) in [6.45, 7) is 2.21. The van der Waals surface area contributed by atoms with Crippen LogP contribution in [-0.4, -0.2) is 38.2 Å². The second kappa shape index (κ2) is 11.5. The molecule has 8 nitrogen and oxygen atoms in total. The monoisotopic (exact) mass is 509 g/mol. The zero-order valence-electron chi connectivity index (χ0n) is 21.5. The van der Waals surface area contributed by atoms with Crippen LogP contribution in [0.15, 0.2) is 59.7 Å². The average molecular weight is 510 g/mol. The minimum atomic E-state index is -0.00916. The molecular weight excluding hydrogens is 478 g/mol. The summed E-state index contributed by atoms with van der Waals surface area (Å²) in [5, 5.41) is 14.0. The molecule has 0 aliphatic heterocycles. The van der Waals surface area contributed by atoms with Gasteiger partial charge in [0.05, 0.1) is 23.4 Å². The van der Waals surface area contributed by atoms with Crippen molar-refractivity contribution < 1.29 is 9.53 Å². The first-order valence-corrected chi connectivity index (χ1v) is 13.2. The summed E-state index contributed by atoms with van der Waals surface area (Å²) < 4.78 is 9.29. The van der Waals surface area contributed by atoms with Crippen molar-refractivity contribution >= 4 is 12.1 Å². The number of rotatable bonds is 9. The Kier molecular flexibility index (Phi) is 7.75. The van der Waals surface area contributed by atoms with Crippen LogP contribution in [0.3, 0.4) is 0 Å². The first kappa shape index (κ1) is 25.6. The maximum atomic E-state index is 14.1. The Morgan fingerprint density at radius 3 is 2.58 bits per heavy atom. The van der Waals surface area contributed by atoms with Gasteiger partial charge in [-0.1, -0.05) is 55.8 Å². The SMILES string of the molecule is CCCc1c(Cc2ccc(-c3ccccc3C#N)cc2)c(=O)n(C2CCC(OCC=O)CC2)c2ncnn12. The van der Waals surface area contributed by atoms with Crippen molar-refractivity contribution in [3.8, 4) is 17.2 Å². The lowest BCUT2D eigenvalue weighted by Gasteiger charge is -2.30. The van der Waals surface area contributed by atoms with Gasteiger partial charge in [0, 0.05) is 18.0 Å². The molecule has 1 aliphatic rings. The first-order chi connectivity index (χ1) is 18.6. The number of benzene rings is 2. The lowest BCUT2D eigenvalue weighted by Crippen LogP contribution is -2.35. The number of hydrogen-bond acceptors (Lipinski definition) is 6. The van der Waals surface area contributed by atoms with Crippen molar-refractivity contribution in [2.24, 2.45) is 0 Å². The number of ether oxygens (including phenoxy) is 1. The molecule has 38 heavy (non-hydrogen) atoms.